The van der Waals surface area contributed by atoms with E-state index in [0.717, 1.165) is 0 Å². The van der Waals surface area contributed by atoms with Crippen LogP contribution in [0, 0.1) is 23.5 Å². The number of nitrogens with zero attached hydrogens (tertiary/aromatic N) is 1. The van der Waals surface area contributed by atoms with E-state index in [0.29, 0.717) is 0 Å². The van der Waals surface area contributed by atoms with Gasteiger partial charge in [0.1, 0.15) is 6.61 Å². The highest BCUT2D eigenvalue weighted by molar-refractivity contribution is 5.24. The van der Waals surface area contributed by atoms with Crippen LogP contribution in [0.1, 0.15) is 0 Å². The van der Waals surface area contributed by atoms with Crippen LogP contribution in [0.15, 0.2) is 0 Å². The van der Waals surface area contributed by atoms with E-state index in [1.54, 1.807) is 0 Å². The van der Waals surface area contributed by atoms with Crippen LogP contribution >= 0.6 is 0 Å². The average Bonchev–Trinajstić information content (AvgIpc) is 2.20. The molecule has 0 N–H and O–H groups in total. The summed E-state index contributed by atoms with van der Waals surface area (Å²) >= 11 is 0. The van der Waals surface area contributed by atoms with Crippen LogP contribution in [-0.2, 0) is 4.74 Å². The first kappa shape index (κ1) is 11.7. The molecule has 0 fully saturated rings. The lowest BCUT2D eigenvalue weighted by Crippen LogP contribution is -2.10. The van der Waals surface area contributed by atoms with E-state index in [4.69, 9.17) is 0 Å². The predicted octanol–water partition coefficient (Wildman–Crippen LogP) is 1.66. The van der Waals surface area contributed by atoms with Gasteiger partial charge in [0, 0.05) is 7.11 Å². The Morgan fingerprint density at radius 2 is 1.53 bits per heavy atom. The largest absolute Gasteiger partial charge is 0.485 e. The molecule has 0 unspecified atom stereocenters. The van der Waals surface area contributed by atoms with E-state index in [2.05, 4.69) is 14.5 Å². The standard InChI is InChI=1S/C8H7F4NO2/c1-14-2-3-15-6-4(9)7(11)13-8(12)5(6)10/h2-3H2,1H3. The van der Waals surface area contributed by atoms with Gasteiger partial charge in [0.2, 0.25) is 17.4 Å². The topological polar surface area (TPSA) is 31.4 Å². The summed E-state index contributed by atoms with van der Waals surface area (Å²) in [4.78, 5) is 2.37. The minimum Gasteiger partial charge on any atom is -0.485 e. The molecule has 0 amide bonds. The van der Waals surface area contributed by atoms with Gasteiger partial charge in [0.05, 0.1) is 6.61 Å². The minimum atomic E-state index is -1.75. The van der Waals surface area contributed by atoms with Gasteiger partial charge < -0.3 is 9.47 Å². The molecule has 1 heterocycles. The van der Waals surface area contributed by atoms with Crippen molar-refractivity contribution in [1.29, 1.82) is 0 Å². The van der Waals surface area contributed by atoms with Gasteiger partial charge in [-0.1, -0.05) is 0 Å². The fraction of sp³-hybridized carbons (Fsp3) is 0.375. The molecule has 0 spiro atoms. The Bertz CT molecular complexity index is 333. The Hall–Kier alpha value is -1.37. The van der Waals surface area contributed by atoms with Crippen LogP contribution in [0.25, 0.3) is 0 Å². The third-order valence-corrected chi connectivity index (χ3v) is 1.49. The molecule has 0 aromatic carbocycles. The van der Waals surface area contributed by atoms with E-state index in [-0.39, 0.29) is 13.2 Å². The van der Waals surface area contributed by atoms with Gasteiger partial charge in [0.25, 0.3) is 11.9 Å². The monoisotopic (exact) mass is 225 g/mol. The lowest BCUT2D eigenvalue weighted by atomic mass is 10.4. The first-order valence-corrected chi connectivity index (χ1v) is 3.89. The SMILES string of the molecule is COCCOc1c(F)c(F)nc(F)c1F. The molecule has 1 rings (SSSR count). The minimum absolute atomic E-state index is 0.0322. The van der Waals surface area contributed by atoms with E-state index in [1.807, 2.05) is 0 Å². The van der Waals surface area contributed by atoms with Crippen molar-refractivity contribution in [3.05, 3.63) is 23.5 Å². The van der Waals surface area contributed by atoms with Crippen molar-refractivity contribution in [3.63, 3.8) is 0 Å². The summed E-state index contributed by atoms with van der Waals surface area (Å²) in [5.74, 6) is -7.95. The van der Waals surface area contributed by atoms with E-state index in [9.17, 15) is 17.6 Å². The molecule has 15 heavy (non-hydrogen) atoms. The molecule has 84 valence electrons. The molecule has 0 aliphatic rings. The molecule has 1 aromatic heterocycles. The van der Waals surface area contributed by atoms with Gasteiger partial charge >= 0.3 is 0 Å². The highest BCUT2D eigenvalue weighted by Gasteiger charge is 2.21. The zero-order valence-corrected chi connectivity index (χ0v) is 7.69. The lowest BCUT2D eigenvalue weighted by Gasteiger charge is -2.07. The molecule has 1 aromatic rings. The first-order chi connectivity index (χ1) is 7.07. The van der Waals surface area contributed by atoms with Crippen molar-refractivity contribution in [1.82, 2.24) is 4.98 Å². The second-order valence-electron chi connectivity index (χ2n) is 2.49. The van der Waals surface area contributed by atoms with Crippen LogP contribution in [0.4, 0.5) is 17.6 Å². The van der Waals surface area contributed by atoms with Crippen LogP contribution < -0.4 is 4.74 Å². The Labute approximate surface area is 82.6 Å². The van der Waals surface area contributed by atoms with Crippen LogP contribution in [0.3, 0.4) is 0 Å². The second-order valence-corrected chi connectivity index (χ2v) is 2.49. The molecule has 0 bridgehead atoms. The number of methoxy groups -OCH3 is 1. The summed E-state index contributed by atoms with van der Waals surface area (Å²) in [5, 5.41) is 0. The number of halogens is 4. The lowest BCUT2D eigenvalue weighted by molar-refractivity contribution is 0.138. The fourth-order valence-corrected chi connectivity index (χ4v) is 0.822. The van der Waals surface area contributed by atoms with Gasteiger partial charge in [-0.05, 0) is 0 Å². The summed E-state index contributed by atoms with van der Waals surface area (Å²) < 4.78 is 59.8. The highest BCUT2D eigenvalue weighted by atomic mass is 19.2. The number of hydrogen-bond donors (Lipinski definition) is 0. The van der Waals surface area contributed by atoms with E-state index >= 15 is 0 Å². The maximum atomic E-state index is 12.9. The van der Waals surface area contributed by atoms with Crippen LogP contribution in [-0.4, -0.2) is 25.3 Å². The van der Waals surface area contributed by atoms with Crippen LogP contribution in [0.5, 0.6) is 5.75 Å². The third-order valence-electron chi connectivity index (χ3n) is 1.49. The Kier molecular flexibility index (Phi) is 3.84. The first-order valence-electron chi connectivity index (χ1n) is 3.89. The summed E-state index contributed by atoms with van der Waals surface area (Å²) in [6.07, 6.45) is 0. The average molecular weight is 225 g/mol. The smallest absolute Gasteiger partial charge is 0.255 e. The molecule has 0 saturated carbocycles. The van der Waals surface area contributed by atoms with Crippen molar-refractivity contribution in [2.24, 2.45) is 0 Å². The van der Waals surface area contributed by atoms with Gasteiger partial charge in [-0.15, -0.1) is 0 Å². The molecule has 0 atom stereocenters. The predicted molar refractivity (Wildman–Crippen MR) is 41.4 cm³/mol. The van der Waals surface area contributed by atoms with Gasteiger partial charge in [-0.25, -0.2) is 0 Å². The zero-order valence-electron chi connectivity index (χ0n) is 7.69. The number of pyridine rings is 1. The van der Waals surface area contributed by atoms with Crippen LogP contribution in [0.2, 0.25) is 0 Å². The summed E-state index contributed by atoms with van der Waals surface area (Å²) in [6, 6.07) is 0. The number of hydrogen-bond acceptors (Lipinski definition) is 3. The van der Waals surface area contributed by atoms with E-state index < -0.39 is 29.3 Å². The molecule has 0 aliphatic heterocycles. The van der Waals surface area contributed by atoms with Gasteiger partial charge in [-0.3, -0.25) is 0 Å². The van der Waals surface area contributed by atoms with Crippen molar-refractivity contribution >= 4 is 0 Å². The molecule has 0 aliphatic carbocycles. The Balaban J connectivity index is 2.94. The maximum absolute atomic E-state index is 12.9. The second kappa shape index (κ2) is 4.92. The fourth-order valence-electron chi connectivity index (χ4n) is 0.822. The van der Waals surface area contributed by atoms with Crippen molar-refractivity contribution in [3.8, 4) is 5.75 Å². The number of aromatic nitrogens is 1. The molecule has 0 radical (unpaired) electrons. The molecule has 7 heteroatoms. The summed E-state index contributed by atoms with van der Waals surface area (Å²) in [5.41, 5.74) is 0. The summed E-state index contributed by atoms with van der Waals surface area (Å²) in [6.45, 7) is -0.197. The Morgan fingerprint density at radius 1 is 1.00 bits per heavy atom. The third kappa shape index (κ3) is 2.56. The molecule has 0 saturated heterocycles. The maximum Gasteiger partial charge on any atom is 0.255 e. The van der Waals surface area contributed by atoms with Crippen molar-refractivity contribution in [2.45, 2.75) is 0 Å². The van der Waals surface area contributed by atoms with Crippen molar-refractivity contribution < 1.29 is 27.0 Å². The van der Waals surface area contributed by atoms with Gasteiger partial charge in [-0.2, -0.15) is 22.5 Å². The Morgan fingerprint density at radius 3 is 2.00 bits per heavy atom. The van der Waals surface area contributed by atoms with Crippen molar-refractivity contribution in [2.75, 3.05) is 20.3 Å². The number of rotatable bonds is 4. The normalized spacial score (nSPS) is 10.5. The van der Waals surface area contributed by atoms with E-state index in [1.165, 1.54) is 7.11 Å². The summed E-state index contributed by atoms with van der Waals surface area (Å²) in [7, 11) is 1.34. The zero-order chi connectivity index (χ0) is 11.4. The quantitative estimate of drug-likeness (QED) is 0.443. The molecular weight excluding hydrogens is 218 g/mol. The molecular formula is C8H7F4NO2. The molecule has 3 nitrogen and oxygen atoms in total. The number of ether oxygens (including phenoxy) is 2. The van der Waals surface area contributed by atoms with Gasteiger partial charge in [0.15, 0.2) is 0 Å². The highest BCUT2D eigenvalue weighted by Crippen LogP contribution is 2.24.